The van der Waals surface area contributed by atoms with Crippen molar-refractivity contribution in [3.8, 4) is 0 Å². The van der Waals surface area contributed by atoms with Gasteiger partial charge in [0.1, 0.15) is 12.4 Å². The van der Waals surface area contributed by atoms with Gasteiger partial charge in [-0.2, -0.15) is 0 Å². The van der Waals surface area contributed by atoms with Crippen LogP contribution in [0.15, 0.2) is 18.7 Å². The van der Waals surface area contributed by atoms with Gasteiger partial charge in [-0.05, 0) is 6.42 Å². The highest BCUT2D eigenvalue weighted by Gasteiger charge is 1.98. The Labute approximate surface area is 79.9 Å². The molecule has 0 aliphatic carbocycles. The van der Waals surface area contributed by atoms with Gasteiger partial charge in [-0.3, -0.25) is 0 Å². The van der Waals surface area contributed by atoms with Gasteiger partial charge in [0, 0.05) is 0 Å². The molecule has 0 saturated heterocycles. The van der Waals surface area contributed by atoms with E-state index in [-0.39, 0.29) is 0 Å². The average molecular weight is 183 g/mol. The molecule has 74 valence electrons. The van der Waals surface area contributed by atoms with Crippen LogP contribution in [0.25, 0.3) is 0 Å². The third-order valence-electron chi connectivity index (χ3n) is 1.96. The molecule has 0 radical (unpaired) electrons. The van der Waals surface area contributed by atoms with Crippen molar-refractivity contribution in [3.63, 3.8) is 0 Å². The van der Waals surface area contributed by atoms with E-state index in [1.54, 1.807) is 0 Å². The Kier molecular flexibility index (Phi) is 4.54. The van der Waals surface area contributed by atoms with Crippen molar-refractivity contribution in [1.82, 2.24) is 4.57 Å². The van der Waals surface area contributed by atoms with Crippen molar-refractivity contribution in [2.24, 2.45) is 7.05 Å². The molecule has 0 atom stereocenters. The molecule has 0 amide bonds. The number of aryl methyl sites for hydroxylation is 1. The largest absolute Gasteiger partial charge is 0.342 e. The molecule has 0 N–H and O–H groups in total. The number of nitrogens with zero attached hydrogens (tertiary/aromatic N) is 2. The molecule has 0 aliphatic heterocycles. The van der Waals surface area contributed by atoms with E-state index in [1.807, 2.05) is 34.9 Å². The van der Waals surface area contributed by atoms with E-state index < -0.39 is 0 Å². The Morgan fingerprint density at radius 3 is 2.85 bits per heavy atom. The molecule has 0 spiro atoms. The smallest absolute Gasteiger partial charge is 0.245 e. The standard InChI is InChI=1S/C10H19N2O/c1-3-4-5-8-13-10-12-7-6-11(2)9-12/h6-7,9H,3-5,8,10H2,1-2H3/q+1. The van der Waals surface area contributed by atoms with Crippen LogP contribution >= 0.6 is 0 Å². The Hall–Kier alpha value is -0.830. The summed E-state index contributed by atoms with van der Waals surface area (Å²) in [7, 11) is 2.01. The number of unbranched alkanes of at least 4 members (excludes halogenated alkanes) is 2. The minimum Gasteiger partial charge on any atom is -0.342 e. The summed E-state index contributed by atoms with van der Waals surface area (Å²) in [6.07, 6.45) is 9.72. The first-order valence-corrected chi connectivity index (χ1v) is 4.91. The first-order valence-electron chi connectivity index (χ1n) is 4.91. The highest BCUT2D eigenvalue weighted by molar-refractivity contribution is 4.63. The predicted molar refractivity (Wildman–Crippen MR) is 51.1 cm³/mol. The first kappa shape index (κ1) is 10.3. The van der Waals surface area contributed by atoms with Crippen LogP contribution in [0.1, 0.15) is 26.2 Å². The lowest BCUT2D eigenvalue weighted by atomic mass is 10.3. The van der Waals surface area contributed by atoms with Crippen LogP contribution in [-0.4, -0.2) is 11.2 Å². The van der Waals surface area contributed by atoms with E-state index in [4.69, 9.17) is 4.74 Å². The molecule has 1 aromatic heterocycles. The molecule has 13 heavy (non-hydrogen) atoms. The summed E-state index contributed by atoms with van der Waals surface area (Å²) in [5.41, 5.74) is 0. The van der Waals surface area contributed by atoms with Crippen LogP contribution in [0, 0.1) is 0 Å². The number of aromatic nitrogens is 2. The second-order valence-corrected chi connectivity index (χ2v) is 3.34. The molecule has 1 aromatic rings. The highest BCUT2D eigenvalue weighted by Crippen LogP contribution is 1.95. The Balaban J connectivity index is 2.06. The lowest BCUT2D eigenvalue weighted by Gasteiger charge is -1.99. The van der Waals surface area contributed by atoms with Gasteiger partial charge in [0.25, 0.3) is 0 Å². The van der Waals surface area contributed by atoms with Crippen molar-refractivity contribution in [1.29, 1.82) is 0 Å². The zero-order chi connectivity index (χ0) is 9.52. The van der Waals surface area contributed by atoms with Crippen LogP contribution < -0.4 is 4.57 Å². The minimum atomic E-state index is 0.671. The summed E-state index contributed by atoms with van der Waals surface area (Å²) >= 11 is 0. The van der Waals surface area contributed by atoms with E-state index in [0.29, 0.717) is 6.73 Å². The van der Waals surface area contributed by atoms with Crippen molar-refractivity contribution < 1.29 is 9.30 Å². The Morgan fingerprint density at radius 2 is 2.23 bits per heavy atom. The van der Waals surface area contributed by atoms with E-state index in [9.17, 15) is 0 Å². The molecule has 1 rings (SSSR count). The van der Waals surface area contributed by atoms with Gasteiger partial charge in [0.15, 0.2) is 6.73 Å². The maximum Gasteiger partial charge on any atom is 0.245 e. The topological polar surface area (TPSA) is 18.0 Å². The van der Waals surface area contributed by atoms with E-state index in [0.717, 1.165) is 6.61 Å². The molecule has 0 fully saturated rings. The van der Waals surface area contributed by atoms with Crippen LogP contribution in [-0.2, 0) is 18.5 Å². The van der Waals surface area contributed by atoms with Gasteiger partial charge in [0.05, 0.1) is 13.7 Å². The minimum absolute atomic E-state index is 0.671. The summed E-state index contributed by atoms with van der Waals surface area (Å²) in [6.45, 7) is 3.74. The third-order valence-corrected chi connectivity index (χ3v) is 1.96. The SMILES string of the molecule is CCCCCOCn1cc[n+](C)c1. The Morgan fingerprint density at radius 1 is 1.38 bits per heavy atom. The highest BCUT2D eigenvalue weighted by atomic mass is 16.5. The van der Waals surface area contributed by atoms with Gasteiger partial charge >= 0.3 is 0 Å². The molecule has 0 aliphatic rings. The second-order valence-electron chi connectivity index (χ2n) is 3.34. The fourth-order valence-electron chi connectivity index (χ4n) is 1.20. The maximum absolute atomic E-state index is 5.48. The normalized spacial score (nSPS) is 10.6. The molecule has 0 bridgehead atoms. The van der Waals surface area contributed by atoms with Crippen LogP contribution in [0.2, 0.25) is 0 Å². The maximum atomic E-state index is 5.48. The molecular weight excluding hydrogens is 164 g/mol. The van der Waals surface area contributed by atoms with Gasteiger partial charge in [-0.1, -0.05) is 19.8 Å². The van der Waals surface area contributed by atoms with E-state index >= 15 is 0 Å². The molecule has 1 heterocycles. The summed E-state index contributed by atoms with van der Waals surface area (Å²) in [5.74, 6) is 0. The first-order chi connectivity index (χ1) is 6.33. The lowest BCUT2D eigenvalue weighted by molar-refractivity contribution is -0.671. The zero-order valence-electron chi connectivity index (χ0n) is 8.57. The lowest BCUT2D eigenvalue weighted by Crippen LogP contribution is -2.23. The van der Waals surface area contributed by atoms with Crippen LogP contribution in [0.5, 0.6) is 0 Å². The Bertz CT molecular complexity index is 233. The molecule has 3 heteroatoms. The molecule has 3 nitrogen and oxygen atoms in total. The van der Waals surface area contributed by atoms with Crippen molar-refractivity contribution >= 4 is 0 Å². The van der Waals surface area contributed by atoms with Crippen molar-refractivity contribution in [3.05, 3.63) is 18.7 Å². The summed E-state index contributed by atoms with van der Waals surface area (Å²) in [4.78, 5) is 0. The second kappa shape index (κ2) is 5.75. The molecule has 0 saturated carbocycles. The van der Waals surface area contributed by atoms with Crippen molar-refractivity contribution in [2.45, 2.75) is 32.9 Å². The van der Waals surface area contributed by atoms with E-state index in [1.165, 1.54) is 19.3 Å². The fraction of sp³-hybridized carbons (Fsp3) is 0.700. The monoisotopic (exact) mass is 183 g/mol. The molecular formula is C10H19N2O+. The van der Waals surface area contributed by atoms with Gasteiger partial charge in [-0.15, -0.1) is 0 Å². The van der Waals surface area contributed by atoms with Gasteiger partial charge in [-0.25, -0.2) is 9.13 Å². The number of imidazole rings is 1. The van der Waals surface area contributed by atoms with Gasteiger partial charge < -0.3 is 4.74 Å². The molecule has 0 unspecified atom stereocenters. The van der Waals surface area contributed by atoms with Crippen molar-refractivity contribution in [2.75, 3.05) is 6.61 Å². The third kappa shape index (κ3) is 4.08. The molecule has 0 aromatic carbocycles. The summed E-state index contributed by atoms with van der Waals surface area (Å²) in [6, 6.07) is 0. The average Bonchev–Trinajstić information content (AvgIpc) is 2.51. The number of ether oxygens (including phenoxy) is 1. The zero-order valence-corrected chi connectivity index (χ0v) is 8.57. The fourth-order valence-corrected chi connectivity index (χ4v) is 1.20. The van der Waals surface area contributed by atoms with Crippen LogP contribution in [0.4, 0.5) is 0 Å². The summed E-state index contributed by atoms with van der Waals surface area (Å²) in [5, 5.41) is 0. The number of rotatable bonds is 6. The number of hydrogen-bond donors (Lipinski definition) is 0. The summed E-state index contributed by atoms with van der Waals surface area (Å²) < 4.78 is 9.53. The number of hydrogen-bond acceptors (Lipinski definition) is 1. The van der Waals surface area contributed by atoms with Gasteiger partial charge in [0.2, 0.25) is 6.33 Å². The predicted octanol–water partition coefficient (Wildman–Crippen LogP) is 1.48. The van der Waals surface area contributed by atoms with E-state index in [2.05, 4.69) is 6.92 Å². The quantitative estimate of drug-likeness (QED) is 0.482. The van der Waals surface area contributed by atoms with Crippen LogP contribution in [0.3, 0.4) is 0 Å².